The van der Waals surface area contributed by atoms with Gasteiger partial charge >= 0.3 is 0 Å². The van der Waals surface area contributed by atoms with Crippen LogP contribution in [-0.4, -0.2) is 21.9 Å². The summed E-state index contributed by atoms with van der Waals surface area (Å²) in [4.78, 5) is 18.3. The Morgan fingerprint density at radius 1 is 1.67 bits per heavy atom. The van der Waals surface area contributed by atoms with Crippen molar-refractivity contribution < 1.29 is 4.79 Å². The number of rotatable bonds is 4. The Morgan fingerprint density at radius 2 is 2.33 bits per heavy atom. The largest absolute Gasteiger partial charge is 0.393 e. The molecule has 1 atom stereocenters. The van der Waals surface area contributed by atoms with Gasteiger partial charge in [-0.25, -0.2) is 9.97 Å². The lowest BCUT2D eigenvalue weighted by Crippen LogP contribution is -2.24. The van der Waals surface area contributed by atoms with Gasteiger partial charge in [0.25, 0.3) is 0 Å². The molecular formula is C8H12ClN5O. The zero-order chi connectivity index (χ0) is 11.4. The summed E-state index contributed by atoms with van der Waals surface area (Å²) in [5.74, 6) is 0.0116. The molecule has 0 spiro atoms. The quantitative estimate of drug-likeness (QED) is 0.648. The van der Waals surface area contributed by atoms with Crippen molar-refractivity contribution in [3.63, 3.8) is 0 Å². The van der Waals surface area contributed by atoms with Gasteiger partial charge in [0.2, 0.25) is 5.91 Å². The summed E-state index contributed by atoms with van der Waals surface area (Å²) in [6.07, 6.45) is 1.49. The van der Waals surface area contributed by atoms with Crippen molar-refractivity contribution in [3.8, 4) is 0 Å². The van der Waals surface area contributed by atoms with E-state index in [-0.39, 0.29) is 23.3 Å². The van der Waals surface area contributed by atoms with E-state index < -0.39 is 5.91 Å². The van der Waals surface area contributed by atoms with E-state index in [9.17, 15) is 4.79 Å². The van der Waals surface area contributed by atoms with Gasteiger partial charge in [0.05, 0.1) is 0 Å². The lowest BCUT2D eigenvalue weighted by molar-refractivity contribution is -0.118. The number of aromatic nitrogens is 2. The predicted octanol–water partition coefficient (Wildman–Crippen LogP) is 0.388. The van der Waals surface area contributed by atoms with Crippen LogP contribution in [0.15, 0.2) is 6.33 Å². The van der Waals surface area contributed by atoms with Gasteiger partial charge in [0.1, 0.15) is 12.0 Å². The van der Waals surface area contributed by atoms with Gasteiger partial charge in [-0.2, -0.15) is 0 Å². The number of nitrogens with zero attached hydrogens (tertiary/aromatic N) is 2. The molecule has 1 heterocycles. The molecular weight excluding hydrogens is 218 g/mol. The van der Waals surface area contributed by atoms with Crippen molar-refractivity contribution in [1.82, 2.24) is 9.97 Å². The van der Waals surface area contributed by atoms with Crippen LogP contribution in [0.5, 0.6) is 0 Å². The molecule has 1 rings (SSSR count). The van der Waals surface area contributed by atoms with Crippen LogP contribution in [0.2, 0.25) is 5.15 Å². The molecule has 0 aliphatic heterocycles. The Kier molecular flexibility index (Phi) is 3.68. The molecule has 82 valence electrons. The SMILES string of the molecule is CC(CC(N)=O)Nc1ncnc(Cl)c1N. The number of hydrogen-bond acceptors (Lipinski definition) is 5. The van der Waals surface area contributed by atoms with Crippen LogP contribution in [-0.2, 0) is 4.79 Å². The molecule has 7 heteroatoms. The highest BCUT2D eigenvalue weighted by atomic mass is 35.5. The van der Waals surface area contributed by atoms with E-state index in [1.54, 1.807) is 6.92 Å². The zero-order valence-corrected chi connectivity index (χ0v) is 8.95. The maximum atomic E-state index is 10.6. The summed E-state index contributed by atoms with van der Waals surface area (Å²) in [7, 11) is 0. The number of amides is 1. The molecule has 15 heavy (non-hydrogen) atoms. The highest BCUT2D eigenvalue weighted by Gasteiger charge is 2.10. The predicted molar refractivity (Wildman–Crippen MR) is 58.4 cm³/mol. The number of nitrogen functional groups attached to an aromatic ring is 1. The fourth-order valence-electron chi connectivity index (χ4n) is 1.08. The van der Waals surface area contributed by atoms with Gasteiger partial charge in [-0.3, -0.25) is 4.79 Å². The zero-order valence-electron chi connectivity index (χ0n) is 8.20. The summed E-state index contributed by atoms with van der Waals surface area (Å²) in [5, 5.41) is 3.10. The normalized spacial score (nSPS) is 12.1. The molecule has 0 aliphatic rings. The lowest BCUT2D eigenvalue weighted by atomic mass is 10.2. The second-order valence-electron chi connectivity index (χ2n) is 3.14. The first kappa shape index (κ1) is 11.5. The van der Waals surface area contributed by atoms with Crippen LogP contribution < -0.4 is 16.8 Å². The number of halogens is 1. The molecule has 0 aromatic carbocycles. The van der Waals surface area contributed by atoms with Crippen LogP contribution >= 0.6 is 11.6 Å². The number of primary amides is 1. The molecule has 0 radical (unpaired) electrons. The van der Waals surface area contributed by atoms with E-state index in [4.69, 9.17) is 23.1 Å². The van der Waals surface area contributed by atoms with Crippen LogP contribution in [0.25, 0.3) is 0 Å². The molecule has 1 amide bonds. The fraction of sp³-hybridized carbons (Fsp3) is 0.375. The maximum Gasteiger partial charge on any atom is 0.219 e. The highest BCUT2D eigenvalue weighted by Crippen LogP contribution is 2.22. The molecule has 0 bridgehead atoms. The number of nitrogens with two attached hydrogens (primary N) is 2. The summed E-state index contributed by atoms with van der Waals surface area (Å²) >= 11 is 5.70. The summed E-state index contributed by atoms with van der Waals surface area (Å²) in [6.45, 7) is 1.79. The minimum Gasteiger partial charge on any atom is -0.393 e. The van der Waals surface area contributed by atoms with Crippen LogP contribution in [0, 0.1) is 0 Å². The summed E-state index contributed by atoms with van der Waals surface area (Å²) in [6, 6.07) is -0.157. The Balaban J connectivity index is 2.72. The minimum atomic E-state index is -0.395. The molecule has 1 aromatic rings. The van der Waals surface area contributed by atoms with Gasteiger partial charge in [-0.15, -0.1) is 0 Å². The third kappa shape index (κ3) is 3.25. The third-order valence-electron chi connectivity index (χ3n) is 1.73. The van der Waals surface area contributed by atoms with Crippen molar-refractivity contribution in [1.29, 1.82) is 0 Å². The van der Waals surface area contributed by atoms with E-state index in [1.165, 1.54) is 6.33 Å². The van der Waals surface area contributed by atoms with Gasteiger partial charge in [-0.05, 0) is 6.92 Å². The molecule has 1 aromatic heterocycles. The van der Waals surface area contributed by atoms with Crippen molar-refractivity contribution in [3.05, 3.63) is 11.5 Å². The highest BCUT2D eigenvalue weighted by molar-refractivity contribution is 6.32. The Labute approximate surface area is 92.0 Å². The van der Waals surface area contributed by atoms with Gasteiger partial charge < -0.3 is 16.8 Å². The fourth-order valence-corrected chi connectivity index (χ4v) is 1.21. The molecule has 0 saturated heterocycles. The standard InChI is InChI=1S/C8H12ClN5O/c1-4(2-5(10)15)14-8-6(11)7(9)12-3-13-8/h3-4H,2,11H2,1H3,(H2,10,15)(H,12,13,14). The van der Waals surface area contributed by atoms with Gasteiger partial charge in [0.15, 0.2) is 11.0 Å². The average Bonchev–Trinajstić information content (AvgIpc) is 2.11. The minimum absolute atomic E-state index is 0.157. The summed E-state index contributed by atoms with van der Waals surface area (Å²) in [5.41, 5.74) is 10.9. The second-order valence-corrected chi connectivity index (χ2v) is 3.50. The summed E-state index contributed by atoms with van der Waals surface area (Å²) < 4.78 is 0. The number of nitrogens with one attached hydrogen (secondary N) is 1. The molecule has 0 fully saturated rings. The Bertz CT molecular complexity index is 370. The van der Waals surface area contributed by atoms with Gasteiger partial charge in [-0.1, -0.05) is 11.6 Å². The number of carbonyl (C=O) groups excluding carboxylic acids is 1. The van der Waals surface area contributed by atoms with Crippen LogP contribution in [0.3, 0.4) is 0 Å². The molecule has 5 N–H and O–H groups in total. The smallest absolute Gasteiger partial charge is 0.219 e. The maximum absolute atomic E-state index is 10.6. The van der Waals surface area contributed by atoms with Crippen molar-refractivity contribution >= 4 is 29.0 Å². The molecule has 0 aliphatic carbocycles. The molecule has 1 unspecified atom stereocenters. The molecule has 0 saturated carbocycles. The van der Waals surface area contributed by atoms with E-state index in [0.29, 0.717) is 5.82 Å². The first-order chi connectivity index (χ1) is 7.00. The van der Waals surface area contributed by atoms with Crippen molar-refractivity contribution in [2.45, 2.75) is 19.4 Å². The van der Waals surface area contributed by atoms with Crippen LogP contribution in [0.4, 0.5) is 11.5 Å². The number of hydrogen-bond donors (Lipinski definition) is 3. The van der Waals surface area contributed by atoms with E-state index in [0.717, 1.165) is 0 Å². The van der Waals surface area contributed by atoms with E-state index in [1.807, 2.05) is 0 Å². The number of carbonyl (C=O) groups is 1. The Morgan fingerprint density at radius 3 is 2.93 bits per heavy atom. The molecule has 6 nitrogen and oxygen atoms in total. The van der Waals surface area contributed by atoms with Crippen molar-refractivity contribution in [2.75, 3.05) is 11.1 Å². The third-order valence-corrected chi connectivity index (χ3v) is 2.03. The van der Waals surface area contributed by atoms with E-state index >= 15 is 0 Å². The Hall–Kier alpha value is -1.56. The topological polar surface area (TPSA) is 107 Å². The van der Waals surface area contributed by atoms with E-state index in [2.05, 4.69) is 15.3 Å². The first-order valence-electron chi connectivity index (χ1n) is 4.31. The average molecular weight is 230 g/mol. The van der Waals surface area contributed by atoms with Crippen LogP contribution in [0.1, 0.15) is 13.3 Å². The first-order valence-corrected chi connectivity index (χ1v) is 4.69. The van der Waals surface area contributed by atoms with Gasteiger partial charge in [0, 0.05) is 12.5 Å². The lowest BCUT2D eigenvalue weighted by Gasteiger charge is -2.14. The van der Waals surface area contributed by atoms with Crippen molar-refractivity contribution in [2.24, 2.45) is 5.73 Å². The second kappa shape index (κ2) is 4.79. The monoisotopic (exact) mass is 229 g/mol. The number of anilines is 2.